The molecule has 1 atom stereocenters. The molecule has 1 fully saturated rings. The van der Waals surface area contributed by atoms with Crippen molar-refractivity contribution in [3.8, 4) is 0 Å². The minimum absolute atomic E-state index is 0.0478. The van der Waals surface area contributed by atoms with Crippen molar-refractivity contribution in [2.45, 2.75) is 32.2 Å². The van der Waals surface area contributed by atoms with E-state index in [1.165, 1.54) is 12.8 Å². The van der Waals surface area contributed by atoms with Crippen LogP contribution in [-0.4, -0.2) is 36.5 Å². The summed E-state index contributed by atoms with van der Waals surface area (Å²) in [6.45, 7) is 4.40. The molecule has 1 amide bonds. The first-order valence-electron chi connectivity index (χ1n) is 5.38. The summed E-state index contributed by atoms with van der Waals surface area (Å²) in [5, 5.41) is 0. The van der Waals surface area contributed by atoms with Gasteiger partial charge in [-0.15, -0.1) is 0 Å². The fraction of sp³-hybridized carbons (Fsp3) is 0.900. The van der Waals surface area contributed by atoms with Crippen molar-refractivity contribution in [2.24, 2.45) is 17.4 Å². The van der Waals surface area contributed by atoms with E-state index in [9.17, 15) is 4.79 Å². The maximum absolute atomic E-state index is 10.9. The molecule has 0 saturated heterocycles. The first kappa shape index (κ1) is 11.5. The van der Waals surface area contributed by atoms with Crippen LogP contribution in [0, 0.1) is 5.92 Å². The lowest BCUT2D eigenvalue weighted by Crippen LogP contribution is -2.37. The van der Waals surface area contributed by atoms with Crippen molar-refractivity contribution >= 4 is 5.91 Å². The molecule has 1 rings (SSSR count). The lowest BCUT2D eigenvalue weighted by atomic mass is 10.1. The zero-order valence-electron chi connectivity index (χ0n) is 8.91. The Hall–Kier alpha value is -0.610. The molecule has 0 aromatic carbocycles. The molecule has 1 saturated carbocycles. The van der Waals surface area contributed by atoms with Gasteiger partial charge in [-0.1, -0.05) is 6.92 Å². The number of carbonyl (C=O) groups is 1. The molecular formula is C10H21N3O. The van der Waals surface area contributed by atoms with E-state index in [1.807, 2.05) is 6.92 Å². The van der Waals surface area contributed by atoms with Crippen LogP contribution < -0.4 is 11.5 Å². The normalized spacial score (nSPS) is 18.5. The third kappa shape index (κ3) is 3.64. The van der Waals surface area contributed by atoms with Gasteiger partial charge in [0.2, 0.25) is 5.91 Å². The summed E-state index contributed by atoms with van der Waals surface area (Å²) in [4.78, 5) is 13.3. The van der Waals surface area contributed by atoms with E-state index in [0.29, 0.717) is 12.6 Å². The lowest BCUT2D eigenvalue weighted by Gasteiger charge is -2.23. The topological polar surface area (TPSA) is 72.3 Å². The van der Waals surface area contributed by atoms with Gasteiger partial charge in [-0.05, 0) is 32.4 Å². The molecule has 1 unspecified atom stereocenters. The van der Waals surface area contributed by atoms with Crippen LogP contribution in [0.4, 0.5) is 0 Å². The highest BCUT2D eigenvalue weighted by molar-refractivity contribution is 5.76. The van der Waals surface area contributed by atoms with Crippen molar-refractivity contribution < 1.29 is 4.79 Å². The fourth-order valence-corrected chi connectivity index (χ4v) is 1.60. The number of carbonyl (C=O) groups excluding carboxylic acids is 1. The van der Waals surface area contributed by atoms with Gasteiger partial charge in [0.1, 0.15) is 0 Å². The predicted molar refractivity (Wildman–Crippen MR) is 56.6 cm³/mol. The van der Waals surface area contributed by atoms with Crippen LogP contribution in [0.15, 0.2) is 0 Å². The van der Waals surface area contributed by atoms with Gasteiger partial charge in [-0.25, -0.2) is 0 Å². The van der Waals surface area contributed by atoms with Gasteiger partial charge in [0, 0.05) is 18.5 Å². The number of nitrogens with zero attached hydrogens (tertiary/aromatic N) is 1. The van der Waals surface area contributed by atoms with Gasteiger partial charge in [0.15, 0.2) is 0 Å². The molecular weight excluding hydrogens is 178 g/mol. The summed E-state index contributed by atoms with van der Waals surface area (Å²) in [5.41, 5.74) is 10.7. The van der Waals surface area contributed by atoms with Gasteiger partial charge in [-0.2, -0.15) is 0 Å². The van der Waals surface area contributed by atoms with E-state index >= 15 is 0 Å². The smallest absolute Gasteiger partial charge is 0.221 e. The Kier molecular flexibility index (Phi) is 4.35. The van der Waals surface area contributed by atoms with E-state index in [0.717, 1.165) is 19.5 Å². The Bertz CT molecular complexity index is 192. The van der Waals surface area contributed by atoms with Gasteiger partial charge in [0.25, 0.3) is 0 Å². The van der Waals surface area contributed by atoms with E-state index in [2.05, 4.69) is 4.90 Å². The highest BCUT2D eigenvalue weighted by atomic mass is 16.1. The fourth-order valence-electron chi connectivity index (χ4n) is 1.60. The molecule has 0 aromatic rings. The van der Waals surface area contributed by atoms with Crippen LogP contribution in [-0.2, 0) is 4.79 Å². The first-order chi connectivity index (χ1) is 6.65. The molecule has 0 bridgehead atoms. The Morgan fingerprint density at radius 1 is 1.57 bits per heavy atom. The van der Waals surface area contributed by atoms with Crippen LogP contribution in [0.5, 0.6) is 0 Å². The van der Waals surface area contributed by atoms with Gasteiger partial charge >= 0.3 is 0 Å². The number of hydrogen-bond donors (Lipinski definition) is 2. The molecule has 82 valence electrons. The molecule has 0 aliphatic heterocycles. The Morgan fingerprint density at radius 3 is 2.64 bits per heavy atom. The average molecular weight is 199 g/mol. The Labute approximate surface area is 85.6 Å². The SMILES string of the molecule is CC(CN(CCCN)C1CC1)C(N)=O. The van der Waals surface area contributed by atoms with Crippen LogP contribution in [0.2, 0.25) is 0 Å². The Balaban J connectivity index is 2.30. The van der Waals surface area contributed by atoms with Crippen LogP contribution in [0.25, 0.3) is 0 Å². The third-order valence-electron chi connectivity index (χ3n) is 2.71. The second-order valence-corrected chi connectivity index (χ2v) is 4.17. The number of rotatable bonds is 7. The molecule has 4 N–H and O–H groups in total. The third-order valence-corrected chi connectivity index (χ3v) is 2.71. The highest BCUT2D eigenvalue weighted by Crippen LogP contribution is 2.27. The second-order valence-electron chi connectivity index (χ2n) is 4.17. The monoisotopic (exact) mass is 199 g/mol. The maximum atomic E-state index is 10.9. The van der Waals surface area contributed by atoms with Gasteiger partial charge in [-0.3, -0.25) is 9.69 Å². The van der Waals surface area contributed by atoms with E-state index in [-0.39, 0.29) is 11.8 Å². The van der Waals surface area contributed by atoms with Crippen LogP contribution in [0.1, 0.15) is 26.2 Å². The molecule has 14 heavy (non-hydrogen) atoms. The average Bonchev–Trinajstić information content (AvgIpc) is 2.94. The van der Waals surface area contributed by atoms with E-state index in [4.69, 9.17) is 11.5 Å². The lowest BCUT2D eigenvalue weighted by molar-refractivity contribution is -0.121. The van der Waals surface area contributed by atoms with Crippen molar-refractivity contribution in [1.82, 2.24) is 4.90 Å². The molecule has 4 nitrogen and oxygen atoms in total. The molecule has 4 heteroatoms. The zero-order chi connectivity index (χ0) is 10.6. The largest absolute Gasteiger partial charge is 0.369 e. The molecule has 0 heterocycles. The maximum Gasteiger partial charge on any atom is 0.221 e. The quantitative estimate of drug-likeness (QED) is 0.602. The second kappa shape index (κ2) is 5.32. The summed E-state index contributed by atoms with van der Waals surface area (Å²) in [6, 6.07) is 0.684. The Morgan fingerprint density at radius 2 is 2.21 bits per heavy atom. The minimum Gasteiger partial charge on any atom is -0.369 e. The van der Waals surface area contributed by atoms with E-state index in [1.54, 1.807) is 0 Å². The van der Waals surface area contributed by atoms with Crippen molar-refractivity contribution in [3.05, 3.63) is 0 Å². The van der Waals surface area contributed by atoms with Crippen molar-refractivity contribution in [3.63, 3.8) is 0 Å². The number of nitrogens with two attached hydrogens (primary N) is 2. The summed E-state index contributed by atoms with van der Waals surface area (Å²) in [6.07, 6.45) is 3.52. The van der Waals surface area contributed by atoms with Gasteiger partial charge in [0.05, 0.1) is 0 Å². The van der Waals surface area contributed by atoms with E-state index < -0.39 is 0 Å². The summed E-state index contributed by atoms with van der Waals surface area (Å²) in [7, 11) is 0. The molecule has 0 radical (unpaired) electrons. The predicted octanol–water partition coefficient (Wildman–Crippen LogP) is -0.0790. The van der Waals surface area contributed by atoms with Crippen molar-refractivity contribution in [1.29, 1.82) is 0 Å². The molecule has 1 aliphatic carbocycles. The minimum atomic E-state index is -0.205. The number of amides is 1. The summed E-state index contributed by atoms with van der Waals surface area (Å²) < 4.78 is 0. The number of hydrogen-bond acceptors (Lipinski definition) is 3. The zero-order valence-corrected chi connectivity index (χ0v) is 8.91. The van der Waals surface area contributed by atoms with Gasteiger partial charge < -0.3 is 11.5 Å². The van der Waals surface area contributed by atoms with Crippen LogP contribution in [0.3, 0.4) is 0 Å². The molecule has 1 aliphatic rings. The van der Waals surface area contributed by atoms with Crippen LogP contribution >= 0.6 is 0 Å². The molecule has 0 spiro atoms. The summed E-state index contributed by atoms with van der Waals surface area (Å²) >= 11 is 0. The standard InChI is InChI=1S/C10H21N3O/c1-8(10(12)14)7-13(6-2-5-11)9-3-4-9/h8-9H,2-7,11H2,1H3,(H2,12,14). The highest BCUT2D eigenvalue weighted by Gasteiger charge is 2.29. The number of primary amides is 1. The first-order valence-corrected chi connectivity index (χ1v) is 5.38. The molecule has 0 aromatic heterocycles. The summed E-state index contributed by atoms with van der Waals surface area (Å²) in [5.74, 6) is -0.253. The van der Waals surface area contributed by atoms with Crippen molar-refractivity contribution in [2.75, 3.05) is 19.6 Å².